The smallest absolute Gasteiger partial charge is 0.163 e. The van der Waals surface area contributed by atoms with Crippen molar-refractivity contribution in [3.63, 3.8) is 0 Å². The maximum absolute atomic E-state index is 10.4. The first-order valence-electron chi connectivity index (χ1n) is 4.13. The van der Waals surface area contributed by atoms with E-state index in [2.05, 4.69) is 8.73 Å². The lowest BCUT2D eigenvalue weighted by atomic mass is 10.1. The molecule has 1 aromatic rings. The Balaban J connectivity index is 3.64. The zero-order chi connectivity index (χ0) is 12.3. The Morgan fingerprint density at radius 1 is 0.812 bits per heavy atom. The monoisotopic (exact) mass is 260 g/mol. The van der Waals surface area contributed by atoms with Crippen molar-refractivity contribution in [2.45, 2.75) is 13.8 Å². The summed E-state index contributed by atoms with van der Waals surface area (Å²) < 4.78 is 48.3. The van der Waals surface area contributed by atoms with Gasteiger partial charge in [0.1, 0.15) is 11.4 Å². The summed E-state index contributed by atoms with van der Waals surface area (Å²) in [6.07, 6.45) is 0. The van der Waals surface area contributed by atoms with Crippen LogP contribution in [0.3, 0.4) is 0 Å². The molecule has 16 heavy (non-hydrogen) atoms. The molecule has 0 saturated carbocycles. The largest absolute Gasteiger partial charge is 0.316 e. The second-order valence-corrected chi connectivity index (χ2v) is 4.28. The topological polar surface area (TPSA) is 93.0 Å². The van der Waals surface area contributed by atoms with Gasteiger partial charge in [0.15, 0.2) is 0 Å². The zero-order valence-corrected chi connectivity index (χ0v) is 10.1. The van der Waals surface area contributed by atoms with Crippen molar-refractivity contribution in [2.75, 3.05) is 0 Å². The van der Waals surface area contributed by atoms with Crippen LogP contribution < -0.4 is 0 Å². The Morgan fingerprint density at radius 3 is 1.38 bits per heavy atom. The van der Waals surface area contributed by atoms with Crippen molar-refractivity contribution >= 4 is 32.4 Å². The predicted octanol–water partition coefficient (Wildman–Crippen LogP) is 1.69. The van der Waals surface area contributed by atoms with Crippen LogP contribution in [0.4, 0.5) is 11.4 Å². The molecule has 0 aliphatic carbocycles. The quantitative estimate of drug-likeness (QED) is 0.808. The Hall–Kier alpha value is -1.54. The fourth-order valence-electron chi connectivity index (χ4n) is 1.09. The van der Waals surface area contributed by atoms with E-state index in [-0.39, 0.29) is 11.4 Å². The number of nitrogens with zero attached hydrogens (tertiary/aromatic N) is 2. The second kappa shape index (κ2) is 4.99. The molecule has 0 unspecified atom stereocenters. The molecule has 0 spiro atoms. The molecule has 0 atom stereocenters. The highest BCUT2D eigenvalue weighted by Crippen LogP contribution is 2.30. The fourth-order valence-corrected chi connectivity index (χ4v) is 1.71. The molecule has 0 radical (unpaired) electrons. The highest BCUT2D eigenvalue weighted by atomic mass is 32.2. The first kappa shape index (κ1) is 12.5. The summed E-state index contributed by atoms with van der Waals surface area (Å²) in [5, 5.41) is 0. The van der Waals surface area contributed by atoms with Crippen LogP contribution in [0.1, 0.15) is 11.1 Å². The summed E-state index contributed by atoms with van der Waals surface area (Å²) in [5.74, 6) is 0. The van der Waals surface area contributed by atoms with Crippen molar-refractivity contribution in [1.82, 2.24) is 0 Å². The van der Waals surface area contributed by atoms with E-state index in [1.54, 1.807) is 13.8 Å². The minimum absolute atomic E-state index is 0.0145. The van der Waals surface area contributed by atoms with Crippen molar-refractivity contribution in [1.29, 1.82) is 0 Å². The molecule has 1 rings (SSSR count). The molecule has 0 aliphatic heterocycles. The van der Waals surface area contributed by atoms with E-state index in [0.717, 1.165) is 11.1 Å². The van der Waals surface area contributed by atoms with E-state index in [0.29, 0.717) is 0 Å². The van der Waals surface area contributed by atoms with Gasteiger partial charge in [0.25, 0.3) is 0 Å². The van der Waals surface area contributed by atoms with Gasteiger partial charge in [-0.3, -0.25) is 0 Å². The maximum Gasteiger partial charge on any atom is 0.316 e. The number of aryl methyl sites for hydroxylation is 2. The Labute approximate surface area is 95.3 Å². The van der Waals surface area contributed by atoms with Gasteiger partial charge in [-0.2, -0.15) is 16.8 Å². The molecule has 0 bridgehead atoms. The standard InChI is InChI=1S/C8H8N2O4S2/c1-5-3-7(9-15(11)12)8(4-6(5)2)10-16(13)14/h3-4H,1-2H3. The first-order valence-corrected chi connectivity index (χ1v) is 6.20. The van der Waals surface area contributed by atoms with E-state index in [4.69, 9.17) is 0 Å². The molecule has 8 heteroatoms. The summed E-state index contributed by atoms with van der Waals surface area (Å²) in [7, 11) is -5.29. The van der Waals surface area contributed by atoms with Crippen LogP contribution in [-0.4, -0.2) is 16.8 Å². The summed E-state index contributed by atoms with van der Waals surface area (Å²) >= 11 is 0. The third kappa shape index (κ3) is 3.24. The highest BCUT2D eigenvalue weighted by molar-refractivity contribution is 7.62. The molecule has 0 aromatic heterocycles. The van der Waals surface area contributed by atoms with E-state index >= 15 is 0 Å². The molecule has 6 nitrogen and oxygen atoms in total. The molecule has 86 valence electrons. The zero-order valence-electron chi connectivity index (χ0n) is 8.50. The summed E-state index contributed by atoms with van der Waals surface area (Å²) in [5.41, 5.74) is 1.64. The van der Waals surface area contributed by atoms with Gasteiger partial charge in [0, 0.05) is 0 Å². The first-order chi connectivity index (χ1) is 7.40. The Morgan fingerprint density at radius 2 is 1.12 bits per heavy atom. The summed E-state index contributed by atoms with van der Waals surface area (Å²) in [6, 6.07) is 2.94. The van der Waals surface area contributed by atoms with Crippen molar-refractivity contribution < 1.29 is 16.8 Å². The lowest BCUT2D eigenvalue weighted by Crippen LogP contribution is -1.80. The van der Waals surface area contributed by atoms with Gasteiger partial charge in [-0.15, -0.1) is 8.73 Å². The van der Waals surface area contributed by atoms with Crippen LogP contribution >= 0.6 is 0 Å². The van der Waals surface area contributed by atoms with Crippen molar-refractivity contribution in [3.8, 4) is 0 Å². The third-order valence-electron chi connectivity index (χ3n) is 1.94. The lowest BCUT2D eigenvalue weighted by Gasteiger charge is -2.02. The summed E-state index contributed by atoms with van der Waals surface area (Å²) in [4.78, 5) is 0. The van der Waals surface area contributed by atoms with Crippen LogP contribution in [0.15, 0.2) is 20.9 Å². The third-order valence-corrected chi connectivity index (χ3v) is 2.63. The molecular weight excluding hydrogens is 252 g/mol. The molecular formula is C8H8N2O4S2. The van der Waals surface area contributed by atoms with Crippen LogP contribution in [-0.2, 0) is 21.0 Å². The van der Waals surface area contributed by atoms with Crippen LogP contribution in [0.2, 0.25) is 0 Å². The molecule has 1 aromatic carbocycles. The van der Waals surface area contributed by atoms with E-state index in [1.807, 2.05) is 0 Å². The van der Waals surface area contributed by atoms with Crippen molar-refractivity contribution in [2.24, 2.45) is 8.73 Å². The number of benzene rings is 1. The fraction of sp³-hybridized carbons (Fsp3) is 0.250. The minimum atomic E-state index is -2.64. The van der Waals surface area contributed by atoms with E-state index in [9.17, 15) is 16.8 Å². The Kier molecular flexibility index (Phi) is 3.91. The van der Waals surface area contributed by atoms with Gasteiger partial charge in [-0.05, 0) is 37.1 Å². The number of hydrogen-bond donors (Lipinski definition) is 0. The number of rotatable bonds is 2. The van der Waals surface area contributed by atoms with Crippen LogP contribution in [0, 0.1) is 13.8 Å². The van der Waals surface area contributed by atoms with Crippen LogP contribution in [0.25, 0.3) is 0 Å². The van der Waals surface area contributed by atoms with E-state index in [1.165, 1.54) is 12.1 Å². The predicted molar refractivity (Wildman–Crippen MR) is 57.9 cm³/mol. The number of hydrogen-bond acceptors (Lipinski definition) is 6. The minimum Gasteiger partial charge on any atom is -0.163 e. The van der Waals surface area contributed by atoms with Crippen molar-refractivity contribution in [3.05, 3.63) is 23.3 Å². The normalized spacial score (nSPS) is 9.62. The molecule has 0 amide bonds. The van der Waals surface area contributed by atoms with Gasteiger partial charge in [0.05, 0.1) is 0 Å². The second-order valence-electron chi connectivity index (χ2n) is 3.04. The SMILES string of the molecule is Cc1cc(N=S(=O)=O)c(N=S(=O)=O)cc1C. The van der Waals surface area contributed by atoms with Gasteiger partial charge < -0.3 is 0 Å². The lowest BCUT2D eigenvalue weighted by molar-refractivity contribution is 0.620. The Bertz CT molecular complexity index is 610. The van der Waals surface area contributed by atoms with Gasteiger partial charge >= 0.3 is 21.0 Å². The molecule has 0 saturated heterocycles. The van der Waals surface area contributed by atoms with Gasteiger partial charge in [0.2, 0.25) is 0 Å². The maximum atomic E-state index is 10.4. The summed E-state index contributed by atoms with van der Waals surface area (Å²) in [6.45, 7) is 3.53. The van der Waals surface area contributed by atoms with Gasteiger partial charge in [-0.25, -0.2) is 0 Å². The average molecular weight is 260 g/mol. The molecule has 0 aliphatic rings. The molecule has 0 N–H and O–H groups in total. The molecule has 0 heterocycles. The average Bonchev–Trinajstić information content (AvgIpc) is 2.11. The van der Waals surface area contributed by atoms with Gasteiger partial charge in [-0.1, -0.05) is 0 Å². The van der Waals surface area contributed by atoms with Crippen LogP contribution in [0.5, 0.6) is 0 Å². The molecule has 0 fully saturated rings. The van der Waals surface area contributed by atoms with E-state index < -0.39 is 21.0 Å². The highest BCUT2D eigenvalue weighted by Gasteiger charge is 2.04.